The molecule has 0 saturated heterocycles. The van der Waals surface area contributed by atoms with Gasteiger partial charge in [0.15, 0.2) is 0 Å². The summed E-state index contributed by atoms with van der Waals surface area (Å²) in [5.74, 6) is 0.533. The van der Waals surface area contributed by atoms with E-state index in [1.165, 1.54) is 0 Å². The van der Waals surface area contributed by atoms with E-state index in [2.05, 4.69) is 27.7 Å². The number of unbranched alkanes of at least 4 members (excludes halogenated alkanes) is 2. The Morgan fingerprint density at radius 1 is 1.19 bits per heavy atom. The van der Waals surface area contributed by atoms with E-state index in [0.717, 1.165) is 44.9 Å². The fraction of sp³-hybridized carbons (Fsp3) is 0.929. The van der Waals surface area contributed by atoms with Crippen molar-refractivity contribution in [3.63, 3.8) is 0 Å². The summed E-state index contributed by atoms with van der Waals surface area (Å²) in [6, 6.07) is 0. The highest BCUT2D eigenvalue weighted by Gasteiger charge is 2.34. The first-order valence-corrected chi connectivity index (χ1v) is 6.80. The minimum Gasteiger partial charge on any atom is -0.385 e. The quantitative estimate of drug-likeness (QED) is 0.626. The smallest absolute Gasteiger partial charge is 0.113 e. The maximum Gasteiger partial charge on any atom is 0.113 e. The zero-order chi connectivity index (χ0) is 12.6. The zero-order valence-electron chi connectivity index (χ0n) is 11.6. The molecule has 0 aromatic heterocycles. The molecule has 0 spiro atoms. The monoisotopic (exact) mass is 228 g/mol. The SMILES string of the molecule is CCCC[C](O)C(N)(CCCC)CC(C)C. The minimum atomic E-state index is -0.445. The van der Waals surface area contributed by atoms with Crippen LogP contribution in [0.4, 0.5) is 0 Å². The third-order valence-corrected chi connectivity index (χ3v) is 3.09. The summed E-state index contributed by atoms with van der Waals surface area (Å²) in [6.07, 6.45) is 7.47. The van der Waals surface area contributed by atoms with Gasteiger partial charge < -0.3 is 10.8 Å². The van der Waals surface area contributed by atoms with Crippen LogP contribution in [0.3, 0.4) is 0 Å². The van der Waals surface area contributed by atoms with E-state index in [1.54, 1.807) is 0 Å². The van der Waals surface area contributed by atoms with E-state index in [9.17, 15) is 5.11 Å². The molecule has 1 radical (unpaired) electrons. The first kappa shape index (κ1) is 15.9. The summed E-state index contributed by atoms with van der Waals surface area (Å²) in [5.41, 5.74) is 5.94. The Hall–Kier alpha value is -0.0800. The number of nitrogens with two attached hydrogens (primary N) is 1. The molecule has 0 bridgehead atoms. The molecule has 0 rings (SSSR count). The van der Waals surface area contributed by atoms with Crippen LogP contribution in [-0.4, -0.2) is 10.6 Å². The van der Waals surface area contributed by atoms with Crippen LogP contribution in [-0.2, 0) is 0 Å². The van der Waals surface area contributed by atoms with Crippen molar-refractivity contribution in [2.75, 3.05) is 0 Å². The summed E-state index contributed by atoms with van der Waals surface area (Å²) in [7, 11) is 0. The third-order valence-electron chi connectivity index (χ3n) is 3.09. The lowest BCUT2D eigenvalue weighted by atomic mass is 9.79. The lowest BCUT2D eigenvalue weighted by Gasteiger charge is -2.35. The van der Waals surface area contributed by atoms with Gasteiger partial charge in [0.05, 0.1) is 0 Å². The van der Waals surface area contributed by atoms with Crippen molar-refractivity contribution in [3.8, 4) is 0 Å². The predicted molar refractivity (Wildman–Crippen MR) is 70.6 cm³/mol. The van der Waals surface area contributed by atoms with E-state index in [-0.39, 0.29) is 0 Å². The molecular formula is C14H30NO. The maximum atomic E-state index is 10.2. The molecule has 0 saturated carbocycles. The molecule has 2 heteroatoms. The lowest BCUT2D eigenvalue weighted by molar-refractivity contribution is 0.151. The average molecular weight is 228 g/mol. The molecule has 16 heavy (non-hydrogen) atoms. The largest absolute Gasteiger partial charge is 0.385 e. The Bertz CT molecular complexity index is 170. The van der Waals surface area contributed by atoms with Gasteiger partial charge in [0.25, 0.3) is 0 Å². The molecule has 0 heterocycles. The van der Waals surface area contributed by atoms with E-state index in [0.29, 0.717) is 12.0 Å². The van der Waals surface area contributed by atoms with Gasteiger partial charge >= 0.3 is 0 Å². The summed E-state index contributed by atoms with van der Waals surface area (Å²) >= 11 is 0. The molecule has 0 aromatic rings. The first-order valence-electron chi connectivity index (χ1n) is 6.80. The second-order valence-electron chi connectivity index (χ2n) is 5.41. The molecule has 1 atom stereocenters. The van der Waals surface area contributed by atoms with Crippen molar-refractivity contribution in [2.45, 2.75) is 78.2 Å². The third kappa shape index (κ3) is 5.86. The minimum absolute atomic E-state index is 0.445. The summed E-state index contributed by atoms with van der Waals surface area (Å²) < 4.78 is 0. The normalized spacial score (nSPS) is 15.8. The average Bonchev–Trinajstić information content (AvgIpc) is 2.22. The van der Waals surface area contributed by atoms with Gasteiger partial charge in [0.1, 0.15) is 6.10 Å². The van der Waals surface area contributed by atoms with E-state index >= 15 is 0 Å². The maximum absolute atomic E-state index is 10.2. The van der Waals surface area contributed by atoms with Gasteiger partial charge in [-0.1, -0.05) is 53.4 Å². The van der Waals surface area contributed by atoms with Gasteiger partial charge in [-0.05, 0) is 25.2 Å². The lowest BCUT2D eigenvalue weighted by Crippen LogP contribution is -2.47. The van der Waals surface area contributed by atoms with Crippen LogP contribution < -0.4 is 5.73 Å². The van der Waals surface area contributed by atoms with Crippen LogP contribution in [0.15, 0.2) is 0 Å². The highest BCUT2D eigenvalue weighted by molar-refractivity contribution is 5.04. The fourth-order valence-corrected chi connectivity index (χ4v) is 2.18. The topological polar surface area (TPSA) is 46.2 Å². The zero-order valence-corrected chi connectivity index (χ0v) is 11.6. The van der Waals surface area contributed by atoms with Crippen LogP contribution in [0, 0.1) is 12.0 Å². The van der Waals surface area contributed by atoms with Crippen molar-refractivity contribution >= 4 is 0 Å². The highest BCUT2D eigenvalue weighted by Crippen LogP contribution is 2.31. The fourth-order valence-electron chi connectivity index (χ4n) is 2.18. The van der Waals surface area contributed by atoms with Crippen LogP contribution in [0.5, 0.6) is 0 Å². The van der Waals surface area contributed by atoms with Crippen molar-refractivity contribution < 1.29 is 5.11 Å². The Balaban J connectivity index is 4.36. The summed E-state index contributed by atoms with van der Waals surface area (Å²) in [4.78, 5) is 0. The number of rotatable bonds is 9. The summed E-state index contributed by atoms with van der Waals surface area (Å²) in [5, 5.41) is 10.2. The van der Waals surface area contributed by atoms with E-state index in [4.69, 9.17) is 5.73 Å². The second kappa shape index (κ2) is 8.08. The Kier molecular flexibility index (Phi) is 8.04. The van der Waals surface area contributed by atoms with Crippen LogP contribution >= 0.6 is 0 Å². The van der Waals surface area contributed by atoms with Gasteiger partial charge in [0, 0.05) is 5.54 Å². The van der Waals surface area contributed by atoms with Crippen molar-refractivity contribution in [2.24, 2.45) is 11.7 Å². The Morgan fingerprint density at radius 3 is 2.19 bits per heavy atom. The van der Waals surface area contributed by atoms with Gasteiger partial charge in [-0.15, -0.1) is 0 Å². The van der Waals surface area contributed by atoms with Crippen molar-refractivity contribution in [1.29, 1.82) is 0 Å². The van der Waals surface area contributed by atoms with Crippen LogP contribution in [0.25, 0.3) is 0 Å². The molecule has 0 fully saturated rings. The number of hydrogen-bond acceptors (Lipinski definition) is 2. The molecule has 97 valence electrons. The van der Waals surface area contributed by atoms with E-state index in [1.807, 2.05) is 0 Å². The molecular weight excluding hydrogens is 198 g/mol. The second-order valence-corrected chi connectivity index (χ2v) is 5.41. The van der Waals surface area contributed by atoms with Gasteiger partial charge in [-0.3, -0.25) is 0 Å². The molecule has 1 unspecified atom stereocenters. The van der Waals surface area contributed by atoms with Gasteiger partial charge in [-0.25, -0.2) is 0 Å². The molecule has 0 aliphatic carbocycles. The van der Waals surface area contributed by atoms with Crippen LogP contribution in [0.1, 0.15) is 72.6 Å². The number of aliphatic hydroxyl groups excluding tert-OH is 1. The van der Waals surface area contributed by atoms with Crippen molar-refractivity contribution in [3.05, 3.63) is 6.10 Å². The summed E-state index contributed by atoms with van der Waals surface area (Å²) in [6.45, 7) is 8.64. The molecule has 0 amide bonds. The van der Waals surface area contributed by atoms with Gasteiger partial charge in [0.2, 0.25) is 0 Å². The molecule has 0 aliphatic heterocycles. The molecule has 0 aromatic carbocycles. The molecule has 0 aliphatic rings. The molecule has 2 nitrogen and oxygen atoms in total. The standard InChI is InChI=1S/C14H30NO/c1-5-7-9-13(16)14(15,10-8-6-2)11-12(3)4/h12,16H,5-11,15H2,1-4H3. The number of aliphatic hydroxyl groups is 1. The Morgan fingerprint density at radius 2 is 1.75 bits per heavy atom. The Labute approximate surface area is 102 Å². The van der Waals surface area contributed by atoms with E-state index < -0.39 is 5.54 Å². The van der Waals surface area contributed by atoms with Gasteiger partial charge in [-0.2, -0.15) is 0 Å². The van der Waals surface area contributed by atoms with Crippen molar-refractivity contribution in [1.82, 2.24) is 0 Å². The highest BCUT2D eigenvalue weighted by atomic mass is 16.3. The number of hydrogen-bond donors (Lipinski definition) is 2. The molecule has 3 N–H and O–H groups in total. The first-order chi connectivity index (χ1) is 7.46. The van der Waals surface area contributed by atoms with Crippen LogP contribution in [0.2, 0.25) is 0 Å². The predicted octanol–water partition coefficient (Wildman–Crippen LogP) is 4.01.